The topological polar surface area (TPSA) is 81.8 Å². The molecule has 0 atom stereocenters. The van der Waals surface area contributed by atoms with Crippen LogP contribution in [-0.2, 0) is 12.7 Å². The molecule has 0 bridgehead atoms. The largest absolute Gasteiger partial charge is 0.497 e. The molecular formula is C14H15F3N4O2S. The number of guanidine groups is 1. The zero-order chi connectivity index (χ0) is 17.7. The first-order valence-electron chi connectivity index (χ1n) is 6.64. The van der Waals surface area contributed by atoms with Gasteiger partial charge >= 0.3 is 6.18 Å². The average molecular weight is 360 g/mol. The smallest absolute Gasteiger partial charge is 0.434 e. The van der Waals surface area contributed by atoms with Gasteiger partial charge in [-0.3, -0.25) is 0 Å². The van der Waals surface area contributed by atoms with E-state index in [9.17, 15) is 13.2 Å². The zero-order valence-corrected chi connectivity index (χ0v) is 13.7. The molecule has 6 nitrogen and oxygen atoms in total. The number of ether oxygens (including phenoxy) is 2. The van der Waals surface area contributed by atoms with Crippen LogP contribution < -0.4 is 20.5 Å². The van der Waals surface area contributed by atoms with Crippen molar-refractivity contribution in [1.82, 2.24) is 4.98 Å². The van der Waals surface area contributed by atoms with E-state index in [1.54, 1.807) is 18.2 Å². The molecule has 0 saturated carbocycles. The maximum absolute atomic E-state index is 12.5. The number of methoxy groups -OCH3 is 2. The number of anilines is 1. The Kier molecular flexibility index (Phi) is 5.50. The lowest BCUT2D eigenvalue weighted by molar-refractivity contribution is -0.140. The summed E-state index contributed by atoms with van der Waals surface area (Å²) in [5, 5.41) is 3.98. The van der Waals surface area contributed by atoms with Gasteiger partial charge in [0.2, 0.25) is 0 Å². The molecule has 2 aromatic rings. The number of nitrogens with zero attached hydrogens (tertiary/aromatic N) is 2. The average Bonchev–Trinajstić information content (AvgIpc) is 3.02. The van der Waals surface area contributed by atoms with Crippen LogP contribution in [0.4, 0.5) is 18.9 Å². The molecule has 0 saturated heterocycles. The van der Waals surface area contributed by atoms with Gasteiger partial charge in [-0.2, -0.15) is 13.2 Å². The Labute approximate surface area is 140 Å². The van der Waals surface area contributed by atoms with Crippen LogP contribution in [0, 0.1) is 0 Å². The Morgan fingerprint density at radius 1 is 1.33 bits per heavy atom. The number of alkyl halides is 3. The van der Waals surface area contributed by atoms with E-state index in [0.29, 0.717) is 17.2 Å². The lowest BCUT2D eigenvalue weighted by Crippen LogP contribution is -2.23. The molecule has 0 amide bonds. The van der Waals surface area contributed by atoms with Gasteiger partial charge in [0.25, 0.3) is 0 Å². The molecule has 0 aliphatic carbocycles. The number of aromatic nitrogens is 1. The van der Waals surface area contributed by atoms with Gasteiger partial charge in [-0.15, -0.1) is 11.3 Å². The number of aliphatic imine (C=N–C) groups is 1. The third-order valence-electron chi connectivity index (χ3n) is 2.90. The first-order chi connectivity index (χ1) is 11.3. The van der Waals surface area contributed by atoms with Crippen LogP contribution in [-0.4, -0.2) is 25.2 Å². The fourth-order valence-electron chi connectivity index (χ4n) is 1.76. The van der Waals surface area contributed by atoms with Crippen LogP contribution in [0.3, 0.4) is 0 Å². The van der Waals surface area contributed by atoms with E-state index in [4.69, 9.17) is 15.2 Å². The summed E-state index contributed by atoms with van der Waals surface area (Å²) < 4.78 is 47.8. The number of nitrogens with one attached hydrogen (secondary N) is 1. The van der Waals surface area contributed by atoms with Crippen molar-refractivity contribution < 1.29 is 22.6 Å². The standard InChI is InChI=1S/C14H15F3N4O2S/c1-22-8-3-4-10(23-2)9(5-8)20-13(18)19-6-12-21-11(7-24-12)14(15,16)17/h3-5,7H,6H2,1-2H3,(H3,18,19,20). The fraction of sp³-hybridized carbons (Fsp3) is 0.286. The molecule has 0 radical (unpaired) electrons. The van der Waals surface area contributed by atoms with E-state index in [0.717, 1.165) is 16.7 Å². The number of thiazole rings is 1. The van der Waals surface area contributed by atoms with Gasteiger partial charge in [0, 0.05) is 11.4 Å². The van der Waals surface area contributed by atoms with E-state index in [1.165, 1.54) is 14.2 Å². The molecule has 0 unspecified atom stereocenters. The van der Waals surface area contributed by atoms with Crippen LogP contribution in [0.5, 0.6) is 11.5 Å². The number of benzene rings is 1. The summed E-state index contributed by atoms with van der Waals surface area (Å²) in [6.45, 7) is -0.0636. The Morgan fingerprint density at radius 2 is 2.08 bits per heavy atom. The summed E-state index contributed by atoms with van der Waals surface area (Å²) in [7, 11) is 3.01. The number of nitrogens with two attached hydrogens (primary N) is 1. The molecule has 10 heteroatoms. The minimum atomic E-state index is -4.46. The van der Waals surface area contributed by atoms with Crippen LogP contribution >= 0.6 is 11.3 Å². The van der Waals surface area contributed by atoms with Crippen molar-refractivity contribution >= 4 is 23.0 Å². The summed E-state index contributed by atoms with van der Waals surface area (Å²) in [4.78, 5) is 7.46. The molecule has 24 heavy (non-hydrogen) atoms. The Balaban J connectivity index is 2.08. The molecule has 1 aromatic heterocycles. The van der Waals surface area contributed by atoms with E-state index in [1.807, 2.05) is 0 Å². The van der Waals surface area contributed by atoms with Gasteiger partial charge in [0.05, 0.1) is 26.5 Å². The predicted molar refractivity (Wildman–Crippen MR) is 85.6 cm³/mol. The highest BCUT2D eigenvalue weighted by Gasteiger charge is 2.33. The molecule has 1 aromatic carbocycles. The highest BCUT2D eigenvalue weighted by atomic mass is 32.1. The summed E-state index contributed by atoms with van der Waals surface area (Å²) >= 11 is 0.872. The van der Waals surface area contributed by atoms with Crippen molar-refractivity contribution in [3.05, 3.63) is 34.3 Å². The highest BCUT2D eigenvalue weighted by Crippen LogP contribution is 2.30. The van der Waals surface area contributed by atoms with Gasteiger partial charge in [-0.05, 0) is 12.1 Å². The van der Waals surface area contributed by atoms with Gasteiger partial charge < -0.3 is 20.5 Å². The maximum Gasteiger partial charge on any atom is 0.434 e. The minimum absolute atomic E-state index is 0.0188. The molecule has 0 aliphatic heterocycles. The summed E-state index contributed by atoms with van der Waals surface area (Å²) in [6.07, 6.45) is -4.46. The Hall–Kier alpha value is -2.49. The molecule has 1 heterocycles. The fourth-order valence-corrected chi connectivity index (χ4v) is 2.48. The van der Waals surface area contributed by atoms with Crippen molar-refractivity contribution in [3.8, 4) is 11.5 Å². The second-order valence-corrected chi connectivity index (χ2v) is 5.46. The van der Waals surface area contributed by atoms with E-state index < -0.39 is 11.9 Å². The minimum Gasteiger partial charge on any atom is -0.497 e. The number of hydrogen-bond donors (Lipinski definition) is 2. The molecular weight excluding hydrogens is 345 g/mol. The summed E-state index contributed by atoms with van der Waals surface area (Å²) in [6, 6.07) is 5.06. The molecule has 0 fully saturated rings. The summed E-state index contributed by atoms with van der Waals surface area (Å²) in [5.41, 5.74) is 5.35. The SMILES string of the molecule is COc1ccc(OC)c(NC(N)=NCc2nc(C(F)(F)F)cs2)c1. The van der Waals surface area contributed by atoms with Crippen molar-refractivity contribution in [2.45, 2.75) is 12.7 Å². The lowest BCUT2D eigenvalue weighted by atomic mass is 10.2. The zero-order valence-electron chi connectivity index (χ0n) is 12.8. The van der Waals surface area contributed by atoms with Gasteiger partial charge in [-0.1, -0.05) is 0 Å². The van der Waals surface area contributed by atoms with Crippen molar-refractivity contribution in [2.75, 3.05) is 19.5 Å². The van der Waals surface area contributed by atoms with Crippen LogP contribution in [0.2, 0.25) is 0 Å². The first kappa shape index (κ1) is 17.9. The van der Waals surface area contributed by atoms with E-state index in [2.05, 4.69) is 15.3 Å². The van der Waals surface area contributed by atoms with Crippen molar-refractivity contribution in [2.24, 2.45) is 10.7 Å². The molecule has 0 aliphatic rings. The quantitative estimate of drug-likeness (QED) is 0.632. The van der Waals surface area contributed by atoms with E-state index >= 15 is 0 Å². The number of hydrogen-bond acceptors (Lipinski definition) is 5. The number of rotatable bonds is 5. The molecule has 0 spiro atoms. The van der Waals surface area contributed by atoms with Crippen LogP contribution in [0.15, 0.2) is 28.6 Å². The predicted octanol–water partition coefficient (Wildman–Crippen LogP) is 3.11. The van der Waals surface area contributed by atoms with Crippen molar-refractivity contribution in [3.63, 3.8) is 0 Å². The lowest BCUT2D eigenvalue weighted by Gasteiger charge is -2.11. The monoisotopic (exact) mass is 360 g/mol. The second kappa shape index (κ2) is 7.39. The van der Waals surface area contributed by atoms with Gasteiger partial charge in [0.1, 0.15) is 16.5 Å². The van der Waals surface area contributed by atoms with Gasteiger partial charge in [0.15, 0.2) is 11.7 Å². The first-order valence-corrected chi connectivity index (χ1v) is 7.52. The van der Waals surface area contributed by atoms with Crippen molar-refractivity contribution in [1.29, 1.82) is 0 Å². The second-order valence-electron chi connectivity index (χ2n) is 4.52. The van der Waals surface area contributed by atoms with Crippen LogP contribution in [0.1, 0.15) is 10.7 Å². The van der Waals surface area contributed by atoms with E-state index in [-0.39, 0.29) is 17.5 Å². The maximum atomic E-state index is 12.5. The Bertz CT molecular complexity index is 731. The third kappa shape index (κ3) is 4.51. The number of halogens is 3. The Morgan fingerprint density at radius 3 is 2.67 bits per heavy atom. The third-order valence-corrected chi connectivity index (χ3v) is 3.73. The highest BCUT2D eigenvalue weighted by molar-refractivity contribution is 7.09. The molecule has 2 rings (SSSR count). The molecule has 130 valence electrons. The van der Waals surface area contributed by atoms with Gasteiger partial charge in [-0.25, -0.2) is 9.98 Å². The summed E-state index contributed by atoms with van der Waals surface area (Å²) in [5.74, 6) is 1.12. The van der Waals surface area contributed by atoms with Crippen LogP contribution in [0.25, 0.3) is 0 Å². The normalized spacial score (nSPS) is 12.1. The molecule has 3 N–H and O–H groups in total.